The number of thiophene rings is 1. The number of nitro groups is 1. The Hall–Kier alpha value is -5.05. The van der Waals surface area contributed by atoms with Gasteiger partial charge in [-0.25, -0.2) is 4.98 Å². The number of alkyl halides is 3. The number of halogens is 3. The van der Waals surface area contributed by atoms with E-state index in [1.54, 1.807) is 30.3 Å². The van der Waals surface area contributed by atoms with Gasteiger partial charge in [0.2, 0.25) is 0 Å². The Morgan fingerprint density at radius 2 is 1.92 bits per heavy atom. The summed E-state index contributed by atoms with van der Waals surface area (Å²) in [7, 11) is 0. The minimum Gasteiger partial charge on any atom is -0.454 e. The molecule has 0 saturated carbocycles. The topological polar surface area (TPSA) is 159 Å². The first-order valence-corrected chi connectivity index (χ1v) is 11.8. The van der Waals surface area contributed by atoms with Gasteiger partial charge in [0.1, 0.15) is 33.6 Å². The summed E-state index contributed by atoms with van der Waals surface area (Å²) in [6, 6.07) is 11.8. The monoisotopic (exact) mass is 556 g/mol. The number of carbonyl (C=O) groups is 2. The molecule has 5 aromatic rings. The number of nitrogens with zero attached hydrogens (tertiary/aromatic N) is 4. The number of nitrogens with two attached hydrogens (primary N) is 1. The van der Waals surface area contributed by atoms with Crippen molar-refractivity contribution in [1.82, 2.24) is 14.8 Å². The lowest BCUT2D eigenvalue weighted by molar-refractivity contribution is -0.385. The van der Waals surface area contributed by atoms with Crippen molar-refractivity contribution in [2.24, 2.45) is 5.73 Å². The van der Waals surface area contributed by atoms with E-state index >= 15 is 0 Å². The Bertz CT molecular complexity index is 1740. The number of benzene rings is 1. The molecule has 15 heteroatoms. The molecule has 0 spiro atoms. The van der Waals surface area contributed by atoms with E-state index in [1.165, 1.54) is 23.0 Å². The maximum absolute atomic E-state index is 13.6. The van der Waals surface area contributed by atoms with E-state index in [2.05, 4.69) is 15.4 Å². The zero-order valence-corrected chi connectivity index (χ0v) is 20.2. The molecule has 0 radical (unpaired) electrons. The number of aromatic nitrogens is 3. The fourth-order valence-electron chi connectivity index (χ4n) is 3.83. The van der Waals surface area contributed by atoms with Gasteiger partial charge in [-0.3, -0.25) is 24.4 Å². The van der Waals surface area contributed by atoms with Crippen LogP contribution >= 0.6 is 11.3 Å². The number of hydrogen-bond donors (Lipinski definition) is 2. The predicted molar refractivity (Wildman–Crippen MR) is 133 cm³/mol. The average Bonchev–Trinajstić information content (AvgIpc) is 3.63. The lowest BCUT2D eigenvalue weighted by atomic mass is 10.0. The maximum atomic E-state index is 13.6. The van der Waals surface area contributed by atoms with Gasteiger partial charge < -0.3 is 15.5 Å². The first-order valence-electron chi connectivity index (χ1n) is 11.0. The number of primary amides is 1. The molecule has 0 saturated heterocycles. The van der Waals surface area contributed by atoms with Gasteiger partial charge in [-0.2, -0.15) is 18.3 Å². The second-order valence-corrected chi connectivity index (χ2v) is 9.14. The molecule has 0 unspecified atom stereocenters. The van der Waals surface area contributed by atoms with Crippen LogP contribution in [0.25, 0.3) is 21.3 Å². The largest absolute Gasteiger partial charge is 0.454 e. The second kappa shape index (κ2) is 9.68. The average molecular weight is 556 g/mol. The summed E-state index contributed by atoms with van der Waals surface area (Å²) < 4.78 is 47.7. The highest BCUT2D eigenvalue weighted by Gasteiger charge is 2.35. The molecule has 2 amide bonds. The molecular formula is C24H15F3N6O5S. The molecule has 39 heavy (non-hydrogen) atoms. The van der Waals surface area contributed by atoms with Crippen LogP contribution in [0.1, 0.15) is 31.7 Å². The van der Waals surface area contributed by atoms with Crippen molar-refractivity contribution in [1.29, 1.82) is 0 Å². The molecule has 0 bridgehead atoms. The summed E-state index contributed by atoms with van der Waals surface area (Å²) >= 11 is 0.622. The van der Waals surface area contributed by atoms with Crippen LogP contribution in [0.5, 0.6) is 0 Å². The van der Waals surface area contributed by atoms with E-state index in [9.17, 15) is 32.9 Å². The normalized spacial score (nSPS) is 11.6. The third kappa shape index (κ3) is 5.06. The Labute approximate surface area is 219 Å². The Kier molecular flexibility index (Phi) is 6.35. The number of hydrogen-bond acceptors (Lipinski definition) is 8. The fourth-order valence-corrected chi connectivity index (χ4v) is 4.84. The molecule has 3 N–H and O–H groups in total. The number of nitrogens with one attached hydrogen (secondary N) is 1. The van der Waals surface area contributed by atoms with Crippen LogP contribution in [0.3, 0.4) is 0 Å². The molecule has 4 aromatic heterocycles. The van der Waals surface area contributed by atoms with Gasteiger partial charge in [-0.15, -0.1) is 11.3 Å². The van der Waals surface area contributed by atoms with E-state index in [0.29, 0.717) is 16.9 Å². The summed E-state index contributed by atoms with van der Waals surface area (Å²) in [6.45, 7) is -0.0165. The van der Waals surface area contributed by atoms with Crippen LogP contribution < -0.4 is 11.1 Å². The standard InChI is InChI=1S/C24H15F3N6O5S/c25-24(26,27)17-8-15(12-4-2-1-3-5-12)18-19(20(21(28)34)39-23(18)30-17)31-22(35)16-7-6-14(38-16)11-32-10-13(9-29-32)33(36)37/h1-10H,11H2,(H2,28,34)(H,31,35). The van der Waals surface area contributed by atoms with Crippen molar-refractivity contribution >= 4 is 44.7 Å². The van der Waals surface area contributed by atoms with Crippen LogP contribution in [0.15, 0.2) is 65.3 Å². The molecule has 0 aliphatic heterocycles. The Morgan fingerprint density at radius 1 is 1.18 bits per heavy atom. The number of amides is 2. The lowest BCUT2D eigenvalue weighted by Crippen LogP contribution is -2.16. The zero-order chi connectivity index (χ0) is 27.9. The first-order chi connectivity index (χ1) is 18.5. The van der Waals surface area contributed by atoms with E-state index < -0.39 is 28.6 Å². The number of furan rings is 1. The zero-order valence-electron chi connectivity index (χ0n) is 19.4. The van der Waals surface area contributed by atoms with Crippen molar-refractivity contribution in [3.63, 3.8) is 0 Å². The van der Waals surface area contributed by atoms with Gasteiger partial charge in [0, 0.05) is 5.39 Å². The van der Waals surface area contributed by atoms with E-state index in [1.807, 2.05) is 0 Å². The number of anilines is 1. The lowest BCUT2D eigenvalue weighted by Gasteiger charge is -2.12. The van der Waals surface area contributed by atoms with Gasteiger partial charge in [-0.1, -0.05) is 30.3 Å². The van der Waals surface area contributed by atoms with Gasteiger partial charge >= 0.3 is 11.9 Å². The fraction of sp³-hybridized carbons (Fsp3) is 0.0833. The smallest absolute Gasteiger partial charge is 0.433 e. The number of pyridine rings is 1. The van der Waals surface area contributed by atoms with Crippen molar-refractivity contribution in [3.8, 4) is 11.1 Å². The first kappa shape index (κ1) is 25.6. The molecule has 5 rings (SSSR count). The highest BCUT2D eigenvalue weighted by atomic mass is 32.1. The molecular weight excluding hydrogens is 541 g/mol. The van der Waals surface area contributed by atoms with E-state index in [4.69, 9.17) is 10.2 Å². The summed E-state index contributed by atoms with van der Waals surface area (Å²) in [5.74, 6) is -1.73. The van der Waals surface area contributed by atoms with Gasteiger partial charge in [0.05, 0.1) is 17.2 Å². The minimum atomic E-state index is -4.77. The molecule has 0 atom stereocenters. The molecule has 11 nitrogen and oxygen atoms in total. The van der Waals surface area contributed by atoms with Crippen LogP contribution in [0.4, 0.5) is 24.5 Å². The van der Waals surface area contributed by atoms with Crippen molar-refractivity contribution in [2.45, 2.75) is 12.7 Å². The van der Waals surface area contributed by atoms with E-state index in [0.717, 1.165) is 12.3 Å². The summed E-state index contributed by atoms with van der Waals surface area (Å²) in [4.78, 5) is 38.9. The highest BCUT2D eigenvalue weighted by molar-refractivity contribution is 7.21. The van der Waals surface area contributed by atoms with Crippen molar-refractivity contribution < 1.29 is 32.1 Å². The SMILES string of the molecule is NC(=O)c1sc2nc(C(F)(F)F)cc(-c3ccccc3)c2c1NC(=O)c1ccc(Cn2cc([N+](=O)[O-])cn2)o1. The van der Waals surface area contributed by atoms with Gasteiger partial charge in [0.15, 0.2) is 5.76 Å². The molecule has 0 aliphatic carbocycles. The number of fused-ring (bicyclic) bond motifs is 1. The molecule has 0 fully saturated rings. The Morgan fingerprint density at radius 3 is 2.56 bits per heavy atom. The summed E-state index contributed by atoms with van der Waals surface area (Å²) in [5, 5.41) is 17.3. The van der Waals surface area contributed by atoms with Gasteiger partial charge in [0.25, 0.3) is 11.8 Å². The van der Waals surface area contributed by atoms with Crippen LogP contribution in [0.2, 0.25) is 0 Å². The minimum absolute atomic E-state index is 0.0165. The summed E-state index contributed by atoms with van der Waals surface area (Å²) in [5.41, 5.74) is 4.50. The molecule has 4 heterocycles. The maximum Gasteiger partial charge on any atom is 0.433 e. The summed E-state index contributed by atoms with van der Waals surface area (Å²) in [6.07, 6.45) is -2.52. The highest BCUT2D eigenvalue weighted by Crippen LogP contribution is 2.43. The Balaban J connectivity index is 1.54. The third-order valence-electron chi connectivity index (χ3n) is 5.53. The van der Waals surface area contributed by atoms with Crippen LogP contribution in [-0.2, 0) is 12.7 Å². The second-order valence-electron chi connectivity index (χ2n) is 8.14. The van der Waals surface area contributed by atoms with Gasteiger partial charge in [-0.05, 0) is 29.3 Å². The molecule has 198 valence electrons. The number of carbonyl (C=O) groups excluding carboxylic acids is 2. The van der Waals surface area contributed by atoms with Crippen LogP contribution in [-0.4, -0.2) is 31.5 Å². The molecule has 1 aromatic carbocycles. The van der Waals surface area contributed by atoms with Crippen molar-refractivity contribution in [3.05, 3.63) is 93.1 Å². The van der Waals surface area contributed by atoms with Crippen molar-refractivity contribution in [2.75, 3.05) is 5.32 Å². The molecule has 0 aliphatic rings. The van der Waals surface area contributed by atoms with Crippen LogP contribution in [0, 0.1) is 10.1 Å². The van der Waals surface area contributed by atoms with E-state index in [-0.39, 0.29) is 50.1 Å². The third-order valence-corrected chi connectivity index (χ3v) is 6.63. The quantitative estimate of drug-likeness (QED) is 0.209. The number of rotatable bonds is 7. The predicted octanol–water partition coefficient (Wildman–Crippen LogP) is 5.08.